The minimum Gasteiger partial charge on any atom is -0.335 e. The summed E-state index contributed by atoms with van der Waals surface area (Å²) >= 11 is 0. The largest absolute Gasteiger partial charge is 0.335 e. The molecule has 4 heteroatoms. The lowest BCUT2D eigenvalue weighted by Gasteiger charge is -2.27. The van der Waals surface area contributed by atoms with Crippen molar-refractivity contribution in [2.75, 3.05) is 0 Å². The van der Waals surface area contributed by atoms with Crippen molar-refractivity contribution < 1.29 is 4.79 Å². The summed E-state index contributed by atoms with van der Waals surface area (Å²) in [6, 6.07) is 1.11. The molecule has 0 unspecified atom stereocenters. The van der Waals surface area contributed by atoms with E-state index in [-0.39, 0.29) is 6.03 Å². The van der Waals surface area contributed by atoms with Gasteiger partial charge >= 0.3 is 6.03 Å². The van der Waals surface area contributed by atoms with E-state index in [0.29, 0.717) is 18.1 Å². The van der Waals surface area contributed by atoms with E-state index in [1.165, 1.54) is 12.8 Å². The van der Waals surface area contributed by atoms with Crippen LogP contribution in [0.5, 0.6) is 0 Å². The number of nitrogens with two attached hydrogens (primary N) is 1. The first-order chi connectivity index (χ1) is 7.74. The van der Waals surface area contributed by atoms with Crippen LogP contribution >= 0.6 is 0 Å². The highest BCUT2D eigenvalue weighted by Crippen LogP contribution is 2.18. The van der Waals surface area contributed by atoms with Gasteiger partial charge in [-0.25, -0.2) is 4.79 Å². The molecular weight excluding hydrogens is 202 g/mol. The second-order valence-corrected chi connectivity index (χ2v) is 5.21. The summed E-state index contributed by atoms with van der Waals surface area (Å²) in [7, 11) is 0. The van der Waals surface area contributed by atoms with Crippen LogP contribution in [0.1, 0.15) is 51.4 Å². The number of rotatable bonds is 2. The molecule has 0 aliphatic heterocycles. The van der Waals surface area contributed by atoms with Gasteiger partial charge in [-0.1, -0.05) is 12.8 Å². The van der Waals surface area contributed by atoms with Crippen molar-refractivity contribution in [3.05, 3.63) is 0 Å². The van der Waals surface area contributed by atoms with Crippen LogP contribution in [0, 0.1) is 0 Å². The molecule has 0 aromatic heterocycles. The first kappa shape index (κ1) is 11.7. The fraction of sp³-hybridized carbons (Fsp3) is 0.917. The number of hydrogen-bond donors (Lipinski definition) is 3. The van der Waals surface area contributed by atoms with Gasteiger partial charge in [0.2, 0.25) is 0 Å². The third kappa shape index (κ3) is 3.37. The summed E-state index contributed by atoms with van der Waals surface area (Å²) in [6.07, 6.45) is 8.92. The topological polar surface area (TPSA) is 67.1 Å². The Morgan fingerprint density at radius 1 is 0.875 bits per heavy atom. The monoisotopic (exact) mass is 225 g/mol. The lowest BCUT2D eigenvalue weighted by Crippen LogP contribution is -2.47. The van der Waals surface area contributed by atoms with E-state index in [1.807, 2.05) is 0 Å². The Hall–Kier alpha value is -0.770. The third-order valence-electron chi connectivity index (χ3n) is 3.80. The van der Waals surface area contributed by atoms with Crippen LogP contribution < -0.4 is 16.4 Å². The number of urea groups is 1. The Morgan fingerprint density at radius 3 is 1.94 bits per heavy atom. The Labute approximate surface area is 97.3 Å². The van der Waals surface area contributed by atoms with Crippen molar-refractivity contribution in [1.82, 2.24) is 10.6 Å². The molecule has 0 aromatic rings. The smallest absolute Gasteiger partial charge is 0.315 e. The third-order valence-corrected chi connectivity index (χ3v) is 3.80. The molecule has 2 aliphatic rings. The van der Waals surface area contributed by atoms with Crippen molar-refractivity contribution in [2.24, 2.45) is 5.73 Å². The average Bonchev–Trinajstić information content (AvgIpc) is 2.74. The van der Waals surface area contributed by atoms with Crippen molar-refractivity contribution in [2.45, 2.75) is 69.5 Å². The summed E-state index contributed by atoms with van der Waals surface area (Å²) in [5.41, 5.74) is 5.83. The molecule has 4 N–H and O–H groups in total. The highest BCUT2D eigenvalue weighted by molar-refractivity contribution is 5.74. The van der Waals surface area contributed by atoms with Crippen LogP contribution in [0.3, 0.4) is 0 Å². The molecule has 16 heavy (non-hydrogen) atoms. The van der Waals surface area contributed by atoms with Gasteiger partial charge in [-0.05, 0) is 38.5 Å². The zero-order chi connectivity index (χ0) is 11.4. The van der Waals surface area contributed by atoms with Gasteiger partial charge in [0, 0.05) is 18.1 Å². The summed E-state index contributed by atoms with van der Waals surface area (Å²) in [6.45, 7) is 0. The molecule has 2 amide bonds. The van der Waals surface area contributed by atoms with Crippen molar-refractivity contribution >= 4 is 6.03 Å². The maximum Gasteiger partial charge on any atom is 0.315 e. The molecule has 4 nitrogen and oxygen atoms in total. The average molecular weight is 225 g/mol. The van der Waals surface area contributed by atoms with Crippen molar-refractivity contribution in [3.8, 4) is 0 Å². The Morgan fingerprint density at radius 2 is 1.38 bits per heavy atom. The maximum atomic E-state index is 11.7. The Bertz CT molecular complexity index is 230. The number of carbonyl (C=O) groups is 1. The standard InChI is InChI=1S/C12H23N3O/c13-9-5-7-11(8-6-9)15-12(16)14-10-3-1-2-4-10/h9-11H,1-8,13H2,(H2,14,15,16). The van der Waals surface area contributed by atoms with Gasteiger partial charge in [0.1, 0.15) is 0 Å². The van der Waals surface area contributed by atoms with Gasteiger partial charge < -0.3 is 16.4 Å². The predicted octanol–water partition coefficient (Wildman–Crippen LogP) is 1.50. The van der Waals surface area contributed by atoms with E-state index in [9.17, 15) is 4.79 Å². The zero-order valence-corrected chi connectivity index (χ0v) is 9.87. The van der Waals surface area contributed by atoms with Gasteiger partial charge in [-0.15, -0.1) is 0 Å². The zero-order valence-electron chi connectivity index (χ0n) is 9.87. The molecule has 0 saturated heterocycles. The lowest BCUT2D eigenvalue weighted by molar-refractivity contribution is 0.227. The first-order valence-electron chi connectivity index (χ1n) is 6.56. The molecule has 2 saturated carbocycles. The lowest BCUT2D eigenvalue weighted by atomic mass is 9.92. The first-order valence-corrected chi connectivity index (χ1v) is 6.56. The van der Waals surface area contributed by atoms with E-state index in [4.69, 9.17) is 5.73 Å². The van der Waals surface area contributed by atoms with Gasteiger partial charge in [0.25, 0.3) is 0 Å². The highest BCUT2D eigenvalue weighted by Gasteiger charge is 2.22. The molecular formula is C12H23N3O. The summed E-state index contributed by atoms with van der Waals surface area (Å²) in [5.74, 6) is 0. The van der Waals surface area contributed by atoms with Crippen LogP contribution in [0.25, 0.3) is 0 Å². The number of hydrogen-bond acceptors (Lipinski definition) is 2. The van der Waals surface area contributed by atoms with Gasteiger partial charge in [0.05, 0.1) is 0 Å². The number of nitrogens with one attached hydrogen (secondary N) is 2. The van der Waals surface area contributed by atoms with Crippen LogP contribution in [0.4, 0.5) is 4.79 Å². The van der Waals surface area contributed by atoms with E-state index < -0.39 is 0 Å². The van der Waals surface area contributed by atoms with Crippen molar-refractivity contribution in [3.63, 3.8) is 0 Å². The predicted molar refractivity (Wildman–Crippen MR) is 64.2 cm³/mol. The van der Waals surface area contributed by atoms with Crippen LogP contribution in [0.2, 0.25) is 0 Å². The van der Waals surface area contributed by atoms with Crippen molar-refractivity contribution in [1.29, 1.82) is 0 Å². The van der Waals surface area contributed by atoms with E-state index in [0.717, 1.165) is 38.5 Å². The molecule has 2 aliphatic carbocycles. The summed E-state index contributed by atoms with van der Waals surface area (Å²) < 4.78 is 0. The minimum absolute atomic E-state index is 0.0207. The Balaban J connectivity index is 1.66. The molecule has 0 radical (unpaired) electrons. The van der Waals surface area contributed by atoms with Gasteiger partial charge in [-0.3, -0.25) is 0 Å². The Kier molecular flexibility index (Phi) is 4.04. The second-order valence-electron chi connectivity index (χ2n) is 5.21. The number of carbonyl (C=O) groups excluding carboxylic acids is 1. The SMILES string of the molecule is NC1CCC(NC(=O)NC2CCCC2)CC1. The van der Waals surface area contributed by atoms with Crippen LogP contribution in [-0.2, 0) is 0 Å². The molecule has 0 bridgehead atoms. The fourth-order valence-corrected chi connectivity index (χ4v) is 2.75. The molecule has 92 valence electrons. The molecule has 0 spiro atoms. The van der Waals surface area contributed by atoms with Crippen LogP contribution in [-0.4, -0.2) is 24.2 Å². The molecule has 2 rings (SSSR count). The molecule has 0 atom stereocenters. The van der Waals surface area contributed by atoms with Crippen LogP contribution in [0.15, 0.2) is 0 Å². The second kappa shape index (κ2) is 5.53. The molecule has 0 aromatic carbocycles. The molecule has 2 fully saturated rings. The highest BCUT2D eigenvalue weighted by atomic mass is 16.2. The summed E-state index contributed by atoms with van der Waals surface area (Å²) in [5, 5.41) is 6.12. The van der Waals surface area contributed by atoms with E-state index in [1.54, 1.807) is 0 Å². The van der Waals surface area contributed by atoms with Gasteiger partial charge in [-0.2, -0.15) is 0 Å². The minimum atomic E-state index is 0.0207. The summed E-state index contributed by atoms with van der Waals surface area (Å²) in [4.78, 5) is 11.7. The maximum absolute atomic E-state index is 11.7. The molecule has 0 heterocycles. The quantitative estimate of drug-likeness (QED) is 0.666. The fourth-order valence-electron chi connectivity index (χ4n) is 2.75. The normalized spacial score (nSPS) is 31.3. The van der Waals surface area contributed by atoms with E-state index >= 15 is 0 Å². The number of amides is 2. The van der Waals surface area contributed by atoms with Gasteiger partial charge in [0.15, 0.2) is 0 Å². The van der Waals surface area contributed by atoms with E-state index in [2.05, 4.69) is 10.6 Å².